The fraction of sp³-hybridized carbons (Fsp3) is 0.235. The average molecular weight is 319 g/mol. The topological polar surface area (TPSA) is 17.8 Å². The van der Waals surface area contributed by atoms with Crippen LogP contribution >= 0.6 is 23.2 Å². The summed E-state index contributed by atoms with van der Waals surface area (Å²) in [6.45, 7) is 6.86. The molecule has 2 nitrogen and oxygen atoms in total. The summed E-state index contributed by atoms with van der Waals surface area (Å²) in [4.78, 5) is 4.65. The van der Waals surface area contributed by atoms with Gasteiger partial charge in [0.25, 0.3) is 0 Å². The summed E-state index contributed by atoms with van der Waals surface area (Å²) >= 11 is 12.6. The molecule has 0 aliphatic rings. The van der Waals surface area contributed by atoms with Gasteiger partial charge in [-0.1, -0.05) is 29.3 Å². The molecule has 0 fully saturated rings. The summed E-state index contributed by atoms with van der Waals surface area (Å²) in [5.41, 5.74) is 5.57. The lowest BCUT2D eigenvalue weighted by molar-refractivity contribution is 0.786. The van der Waals surface area contributed by atoms with E-state index < -0.39 is 0 Å². The highest BCUT2D eigenvalue weighted by molar-refractivity contribution is 6.36. The number of halogens is 2. The summed E-state index contributed by atoms with van der Waals surface area (Å²) in [5.74, 6) is 0.964. The summed E-state index contributed by atoms with van der Waals surface area (Å²) in [5, 5.41) is 1.38. The molecule has 0 radical (unpaired) electrons. The summed E-state index contributed by atoms with van der Waals surface area (Å²) in [7, 11) is 0. The van der Waals surface area contributed by atoms with E-state index in [1.807, 2.05) is 25.1 Å². The van der Waals surface area contributed by atoms with Crippen LogP contribution in [0.5, 0.6) is 0 Å². The molecule has 1 aromatic heterocycles. The molecule has 0 saturated heterocycles. The van der Waals surface area contributed by atoms with Gasteiger partial charge in [0.1, 0.15) is 5.82 Å². The Labute approximate surface area is 134 Å². The first kappa shape index (κ1) is 14.4. The van der Waals surface area contributed by atoms with Gasteiger partial charge in [-0.3, -0.25) is 0 Å². The van der Waals surface area contributed by atoms with Gasteiger partial charge in [-0.25, -0.2) is 4.98 Å². The quantitative estimate of drug-likeness (QED) is 0.625. The van der Waals surface area contributed by atoms with E-state index in [1.165, 1.54) is 11.1 Å². The van der Waals surface area contributed by atoms with Crippen LogP contribution in [0.1, 0.15) is 22.5 Å². The maximum atomic E-state index is 6.29. The molecule has 0 unspecified atom stereocenters. The molecule has 3 rings (SSSR count). The minimum absolute atomic E-state index is 0.628. The van der Waals surface area contributed by atoms with Gasteiger partial charge in [0.15, 0.2) is 0 Å². The number of fused-ring (bicyclic) bond motifs is 1. The number of rotatable bonds is 2. The molecule has 0 amide bonds. The van der Waals surface area contributed by atoms with E-state index in [1.54, 1.807) is 0 Å². The third kappa shape index (κ3) is 2.54. The lowest BCUT2D eigenvalue weighted by Gasteiger charge is -2.11. The van der Waals surface area contributed by atoms with Crippen molar-refractivity contribution in [1.82, 2.24) is 9.55 Å². The number of aryl methyl sites for hydroxylation is 3. The first-order valence-electron chi connectivity index (χ1n) is 6.84. The Kier molecular flexibility index (Phi) is 3.68. The fourth-order valence-corrected chi connectivity index (χ4v) is 3.06. The number of benzene rings is 2. The van der Waals surface area contributed by atoms with Crippen molar-refractivity contribution in [2.75, 3.05) is 0 Å². The molecule has 2 aromatic carbocycles. The van der Waals surface area contributed by atoms with E-state index >= 15 is 0 Å². The first-order valence-corrected chi connectivity index (χ1v) is 7.60. The van der Waals surface area contributed by atoms with Gasteiger partial charge < -0.3 is 4.57 Å². The van der Waals surface area contributed by atoms with Crippen LogP contribution in [0.25, 0.3) is 11.0 Å². The van der Waals surface area contributed by atoms with Crippen molar-refractivity contribution in [3.05, 3.63) is 62.9 Å². The Morgan fingerprint density at radius 3 is 2.29 bits per heavy atom. The van der Waals surface area contributed by atoms with Crippen LogP contribution in [0.2, 0.25) is 10.0 Å². The van der Waals surface area contributed by atoms with Gasteiger partial charge in [0, 0.05) is 15.6 Å². The van der Waals surface area contributed by atoms with Gasteiger partial charge in [-0.15, -0.1) is 0 Å². The minimum Gasteiger partial charge on any atom is -0.324 e. The molecular formula is C17H16Cl2N2. The molecule has 0 aliphatic heterocycles. The van der Waals surface area contributed by atoms with Gasteiger partial charge in [-0.05, 0) is 56.2 Å². The highest BCUT2D eigenvalue weighted by atomic mass is 35.5. The molecule has 21 heavy (non-hydrogen) atoms. The third-order valence-electron chi connectivity index (χ3n) is 3.93. The Balaban J connectivity index is 2.17. The normalized spacial score (nSPS) is 11.3. The highest BCUT2D eigenvalue weighted by Crippen LogP contribution is 2.28. The zero-order valence-corrected chi connectivity index (χ0v) is 13.8. The molecule has 0 saturated carbocycles. The van der Waals surface area contributed by atoms with Gasteiger partial charge >= 0.3 is 0 Å². The SMILES string of the molecule is Cc1cc2nc(C)n(Cc3c(Cl)cccc3Cl)c2cc1C. The van der Waals surface area contributed by atoms with E-state index in [-0.39, 0.29) is 0 Å². The van der Waals surface area contributed by atoms with E-state index in [0.717, 1.165) is 22.4 Å². The minimum atomic E-state index is 0.628. The van der Waals surface area contributed by atoms with Gasteiger partial charge in [0.05, 0.1) is 17.6 Å². The van der Waals surface area contributed by atoms with Gasteiger partial charge in [0.2, 0.25) is 0 Å². The number of aromatic nitrogens is 2. The van der Waals surface area contributed by atoms with Crippen molar-refractivity contribution < 1.29 is 0 Å². The molecular weight excluding hydrogens is 303 g/mol. The van der Waals surface area contributed by atoms with Crippen molar-refractivity contribution in [3.63, 3.8) is 0 Å². The predicted octanol–water partition coefficient (Wildman–Crippen LogP) is 5.32. The van der Waals surface area contributed by atoms with Crippen LogP contribution in [0.15, 0.2) is 30.3 Å². The van der Waals surface area contributed by atoms with E-state index in [9.17, 15) is 0 Å². The first-order chi connectivity index (χ1) is 9.97. The Morgan fingerprint density at radius 1 is 1.00 bits per heavy atom. The monoisotopic (exact) mass is 318 g/mol. The van der Waals surface area contributed by atoms with E-state index in [4.69, 9.17) is 23.2 Å². The second-order valence-corrected chi connectivity index (χ2v) is 6.18. The van der Waals surface area contributed by atoms with Crippen LogP contribution in [0.3, 0.4) is 0 Å². The molecule has 0 spiro atoms. The number of hydrogen-bond donors (Lipinski definition) is 0. The summed E-state index contributed by atoms with van der Waals surface area (Å²) in [6, 6.07) is 9.90. The predicted molar refractivity (Wildman–Crippen MR) is 89.5 cm³/mol. The van der Waals surface area contributed by atoms with Crippen molar-refractivity contribution in [3.8, 4) is 0 Å². The van der Waals surface area contributed by atoms with Gasteiger partial charge in [-0.2, -0.15) is 0 Å². The number of nitrogens with zero attached hydrogens (tertiary/aromatic N) is 2. The lowest BCUT2D eigenvalue weighted by Crippen LogP contribution is -2.03. The second kappa shape index (κ2) is 5.36. The van der Waals surface area contributed by atoms with E-state index in [0.29, 0.717) is 16.6 Å². The number of hydrogen-bond acceptors (Lipinski definition) is 1. The van der Waals surface area contributed by atoms with Crippen molar-refractivity contribution in [2.45, 2.75) is 27.3 Å². The Hall–Kier alpha value is -1.51. The third-order valence-corrected chi connectivity index (χ3v) is 4.64. The lowest BCUT2D eigenvalue weighted by atomic mass is 10.1. The Bertz CT molecular complexity index is 814. The van der Waals surface area contributed by atoms with Crippen LogP contribution in [0, 0.1) is 20.8 Å². The fourth-order valence-electron chi connectivity index (χ4n) is 2.54. The molecule has 3 aromatic rings. The molecule has 0 bridgehead atoms. The van der Waals surface area contributed by atoms with Crippen LogP contribution in [-0.2, 0) is 6.54 Å². The molecule has 0 atom stereocenters. The van der Waals surface area contributed by atoms with Crippen molar-refractivity contribution in [1.29, 1.82) is 0 Å². The molecule has 0 N–H and O–H groups in total. The maximum absolute atomic E-state index is 6.29. The Morgan fingerprint density at radius 2 is 1.62 bits per heavy atom. The van der Waals surface area contributed by atoms with Crippen LogP contribution < -0.4 is 0 Å². The molecule has 4 heteroatoms. The van der Waals surface area contributed by atoms with Crippen molar-refractivity contribution >= 4 is 34.2 Å². The molecule has 108 valence electrons. The van der Waals surface area contributed by atoms with Crippen molar-refractivity contribution in [2.24, 2.45) is 0 Å². The molecule has 0 aliphatic carbocycles. The zero-order chi connectivity index (χ0) is 15.1. The smallest absolute Gasteiger partial charge is 0.107 e. The number of imidazole rings is 1. The zero-order valence-electron chi connectivity index (χ0n) is 12.2. The summed E-state index contributed by atoms with van der Waals surface area (Å²) < 4.78 is 2.16. The molecule has 1 heterocycles. The van der Waals surface area contributed by atoms with E-state index in [2.05, 4.69) is 35.5 Å². The largest absolute Gasteiger partial charge is 0.324 e. The summed E-state index contributed by atoms with van der Waals surface area (Å²) in [6.07, 6.45) is 0. The second-order valence-electron chi connectivity index (χ2n) is 5.37. The average Bonchev–Trinajstić information content (AvgIpc) is 2.70. The standard InChI is InChI=1S/C17H16Cl2N2/c1-10-7-16-17(8-11(10)2)21(12(3)20-16)9-13-14(18)5-4-6-15(13)19/h4-8H,9H2,1-3H3. The highest BCUT2D eigenvalue weighted by Gasteiger charge is 2.12. The van der Waals surface area contributed by atoms with Crippen LogP contribution in [-0.4, -0.2) is 9.55 Å². The van der Waals surface area contributed by atoms with Crippen LogP contribution in [0.4, 0.5) is 0 Å². The maximum Gasteiger partial charge on any atom is 0.107 e.